The summed E-state index contributed by atoms with van der Waals surface area (Å²) in [6, 6.07) is 6.00. The topological polar surface area (TPSA) is 74.6 Å². The molecule has 0 saturated heterocycles. The van der Waals surface area contributed by atoms with E-state index in [0.717, 1.165) is 11.9 Å². The summed E-state index contributed by atoms with van der Waals surface area (Å²) in [4.78, 5) is 1.46. The molecule has 0 aliphatic carbocycles. The number of aryl methyl sites for hydroxylation is 1. The second kappa shape index (κ2) is 5.46. The van der Waals surface area contributed by atoms with Crippen LogP contribution in [0.4, 0.5) is 0 Å². The Bertz CT molecular complexity index is 773. The monoisotopic (exact) mass is 304 g/mol. The summed E-state index contributed by atoms with van der Waals surface area (Å²) in [5.41, 5.74) is 8.21. The number of hydrogen-bond acceptors (Lipinski definition) is 4. The molecular weight excluding hydrogens is 288 g/mol. The Hall–Kier alpha value is -1.92. The summed E-state index contributed by atoms with van der Waals surface area (Å²) in [7, 11) is 1.75. The molecule has 0 spiro atoms. The summed E-state index contributed by atoms with van der Waals surface area (Å²) in [6.07, 6.45) is 2.92. The summed E-state index contributed by atoms with van der Waals surface area (Å²) in [5, 5.41) is 14.0. The molecule has 7 heteroatoms. The maximum absolute atomic E-state index is 6.13. The molecule has 0 bridgehead atoms. The number of nitrogens with two attached hydrogens (primary N) is 1. The third-order valence-corrected chi connectivity index (χ3v) is 3.57. The lowest BCUT2D eigenvalue weighted by atomic mass is 10.1. The lowest BCUT2D eigenvalue weighted by molar-refractivity contribution is 0.625. The Balaban J connectivity index is 2.06. The molecule has 0 fully saturated rings. The van der Waals surface area contributed by atoms with Crippen molar-refractivity contribution in [2.75, 3.05) is 0 Å². The van der Waals surface area contributed by atoms with E-state index < -0.39 is 0 Å². The molecule has 110 valence electrons. The third-order valence-electron chi connectivity index (χ3n) is 3.33. The molecule has 0 radical (unpaired) electrons. The van der Waals surface area contributed by atoms with Gasteiger partial charge in [-0.3, -0.25) is 0 Å². The normalized spacial score (nSPS) is 13.0. The second-order valence-electron chi connectivity index (χ2n) is 5.32. The number of tetrazole rings is 1. The second-order valence-corrected chi connectivity index (χ2v) is 5.76. The summed E-state index contributed by atoms with van der Waals surface area (Å²) >= 11 is 6.13. The SMILES string of the molecule is CC(N)Cc1cn(Cc2nnn(C)n2)c2cc(Cl)ccc12. The molecule has 6 nitrogen and oxygen atoms in total. The van der Waals surface area contributed by atoms with Crippen LogP contribution in [0.5, 0.6) is 0 Å². The van der Waals surface area contributed by atoms with Crippen LogP contribution in [0.15, 0.2) is 24.4 Å². The highest BCUT2D eigenvalue weighted by Gasteiger charge is 2.12. The quantitative estimate of drug-likeness (QED) is 0.797. The maximum Gasteiger partial charge on any atom is 0.194 e. The molecule has 1 unspecified atom stereocenters. The highest BCUT2D eigenvalue weighted by Crippen LogP contribution is 2.26. The Labute approximate surface area is 127 Å². The van der Waals surface area contributed by atoms with Crippen molar-refractivity contribution in [3.05, 3.63) is 40.8 Å². The molecule has 1 atom stereocenters. The van der Waals surface area contributed by atoms with E-state index in [1.54, 1.807) is 7.05 Å². The van der Waals surface area contributed by atoms with E-state index in [0.29, 0.717) is 17.4 Å². The number of benzene rings is 1. The lowest BCUT2D eigenvalue weighted by Crippen LogP contribution is -2.17. The van der Waals surface area contributed by atoms with Crippen LogP contribution in [-0.2, 0) is 20.0 Å². The molecule has 0 aliphatic heterocycles. The number of aromatic nitrogens is 5. The molecule has 2 N–H and O–H groups in total. The van der Waals surface area contributed by atoms with Crippen molar-refractivity contribution in [1.82, 2.24) is 24.8 Å². The zero-order valence-corrected chi connectivity index (χ0v) is 12.7. The molecular formula is C14H17ClN6. The first kappa shape index (κ1) is 14.0. The Kier molecular flexibility index (Phi) is 3.65. The van der Waals surface area contributed by atoms with Gasteiger partial charge in [0.25, 0.3) is 0 Å². The summed E-state index contributed by atoms with van der Waals surface area (Å²) < 4.78 is 2.09. The van der Waals surface area contributed by atoms with E-state index in [4.69, 9.17) is 17.3 Å². The Morgan fingerprint density at radius 1 is 1.38 bits per heavy atom. The van der Waals surface area contributed by atoms with Crippen molar-refractivity contribution < 1.29 is 0 Å². The van der Waals surface area contributed by atoms with Gasteiger partial charge in [-0.15, -0.1) is 10.2 Å². The van der Waals surface area contributed by atoms with Crippen molar-refractivity contribution in [1.29, 1.82) is 0 Å². The first-order valence-electron chi connectivity index (χ1n) is 6.78. The lowest BCUT2D eigenvalue weighted by Gasteiger charge is -2.02. The average Bonchev–Trinajstić information content (AvgIpc) is 2.95. The van der Waals surface area contributed by atoms with Crippen molar-refractivity contribution in [3.8, 4) is 0 Å². The molecule has 0 saturated carbocycles. The molecule has 0 aliphatic rings. The van der Waals surface area contributed by atoms with Crippen LogP contribution in [0.25, 0.3) is 10.9 Å². The Morgan fingerprint density at radius 2 is 2.19 bits per heavy atom. The molecule has 3 aromatic rings. The maximum atomic E-state index is 6.13. The first-order chi connectivity index (χ1) is 10.0. The average molecular weight is 305 g/mol. The minimum atomic E-state index is 0.106. The largest absolute Gasteiger partial charge is 0.339 e. The zero-order chi connectivity index (χ0) is 15.0. The van der Waals surface area contributed by atoms with Gasteiger partial charge in [0.05, 0.1) is 19.1 Å². The van der Waals surface area contributed by atoms with Gasteiger partial charge in [0, 0.05) is 22.6 Å². The van der Waals surface area contributed by atoms with Gasteiger partial charge >= 0.3 is 0 Å². The molecule has 2 heterocycles. The van der Waals surface area contributed by atoms with E-state index in [1.807, 2.05) is 25.1 Å². The van der Waals surface area contributed by atoms with E-state index in [2.05, 4.69) is 26.2 Å². The predicted molar refractivity (Wildman–Crippen MR) is 82.2 cm³/mol. The predicted octanol–water partition coefficient (Wildman–Crippen LogP) is 1.76. The van der Waals surface area contributed by atoms with E-state index in [9.17, 15) is 0 Å². The van der Waals surface area contributed by atoms with E-state index in [-0.39, 0.29) is 6.04 Å². The molecule has 3 rings (SSSR count). The van der Waals surface area contributed by atoms with Gasteiger partial charge in [-0.2, -0.15) is 4.80 Å². The molecule has 21 heavy (non-hydrogen) atoms. The van der Waals surface area contributed by atoms with Gasteiger partial charge < -0.3 is 10.3 Å². The molecule has 0 amide bonds. The van der Waals surface area contributed by atoms with Crippen LogP contribution in [0.3, 0.4) is 0 Å². The molecule has 2 aromatic heterocycles. The van der Waals surface area contributed by atoms with Crippen molar-refractivity contribution in [2.24, 2.45) is 12.8 Å². The standard InChI is InChI=1S/C14H17ClN6/c1-9(16)5-10-7-21(8-14-17-19-20(2)18-14)13-6-11(15)3-4-12(10)13/h3-4,6-7,9H,5,8,16H2,1-2H3. The van der Waals surface area contributed by atoms with E-state index >= 15 is 0 Å². The molecule has 1 aromatic carbocycles. The van der Waals surface area contributed by atoms with Crippen LogP contribution in [0, 0.1) is 0 Å². The van der Waals surface area contributed by atoms with Crippen LogP contribution >= 0.6 is 11.6 Å². The highest BCUT2D eigenvalue weighted by atomic mass is 35.5. The van der Waals surface area contributed by atoms with Crippen molar-refractivity contribution in [2.45, 2.75) is 25.9 Å². The fraction of sp³-hybridized carbons (Fsp3) is 0.357. The number of halogens is 1. The smallest absolute Gasteiger partial charge is 0.194 e. The summed E-state index contributed by atoms with van der Waals surface area (Å²) in [5.74, 6) is 0.668. The van der Waals surface area contributed by atoms with Crippen LogP contribution in [-0.4, -0.2) is 30.8 Å². The first-order valence-corrected chi connectivity index (χ1v) is 7.16. The minimum absolute atomic E-state index is 0.106. The van der Waals surface area contributed by atoms with Gasteiger partial charge in [-0.25, -0.2) is 0 Å². The highest BCUT2D eigenvalue weighted by molar-refractivity contribution is 6.31. The Morgan fingerprint density at radius 3 is 2.86 bits per heavy atom. The third kappa shape index (κ3) is 2.91. The fourth-order valence-electron chi connectivity index (χ4n) is 2.52. The van der Waals surface area contributed by atoms with Gasteiger partial charge in [-0.05, 0) is 36.3 Å². The van der Waals surface area contributed by atoms with Crippen molar-refractivity contribution in [3.63, 3.8) is 0 Å². The van der Waals surface area contributed by atoms with Crippen molar-refractivity contribution >= 4 is 22.5 Å². The minimum Gasteiger partial charge on any atom is -0.339 e. The van der Waals surface area contributed by atoms with Crippen LogP contribution < -0.4 is 5.73 Å². The number of rotatable bonds is 4. The fourth-order valence-corrected chi connectivity index (χ4v) is 2.69. The van der Waals surface area contributed by atoms with Gasteiger partial charge in [-0.1, -0.05) is 17.7 Å². The van der Waals surface area contributed by atoms with E-state index in [1.165, 1.54) is 15.7 Å². The van der Waals surface area contributed by atoms with Crippen LogP contribution in [0.2, 0.25) is 5.02 Å². The number of nitrogens with zero attached hydrogens (tertiary/aromatic N) is 5. The van der Waals surface area contributed by atoms with Gasteiger partial charge in [0.2, 0.25) is 0 Å². The van der Waals surface area contributed by atoms with Gasteiger partial charge in [0.1, 0.15) is 0 Å². The van der Waals surface area contributed by atoms with Crippen LogP contribution in [0.1, 0.15) is 18.3 Å². The zero-order valence-electron chi connectivity index (χ0n) is 12.0. The number of hydrogen-bond donors (Lipinski definition) is 1. The number of fused-ring (bicyclic) bond motifs is 1. The summed E-state index contributed by atoms with van der Waals surface area (Å²) in [6.45, 7) is 2.56. The van der Waals surface area contributed by atoms with Gasteiger partial charge in [0.15, 0.2) is 5.82 Å².